The van der Waals surface area contributed by atoms with Gasteiger partial charge in [0, 0.05) is 16.7 Å². The molecule has 0 bridgehead atoms. The van der Waals surface area contributed by atoms with E-state index < -0.39 is 0 Å². The molecule has 0 heterocycles. The third-order valence-corrected chi connectivity index (χ3v) is 6.54. The van der Waals surface area contributed by atoms with Gasteiger partial charge in [0.1, 0.15) is 0 Å². The van der Waals surface area contributed by atoms with Crippen molar-refractivity contribution in [2.75, 3.05) is 0 Å². The van der Waals surface area contributed by atoms with Crippen molar-refractivity contribution in [3.8, 4) is 23.7 Å². The van der Waals surface area contributed by atoms with Gasteiger partial charge in [0.25, 0.3) is 0 Å². The second-order valence-corrected chi connectivity index (χ2v) is 11.6. The minimum absolute atomic E-state index is 0.0832. The van der Waals surface area contributed by atoms with Gasteiger partial charge in [0.15, 0.2) is 0 Å². The van der Waals surface area contributed by atoms with Crippen LogP contribution in [0.1, 0.15) is 74.9 Å². The Bertz CT molecular complexity index is 1390. The van der Waals surface area contributed by atoms with Gasteiger partial charge in [-0.25, -0.2) is 0 Å². The molecule has 0 aliphatic rings. The summed E-state index contributed by atoms with van der Waals surface area (Å²) in [6.45, 7) is 13.5. The molecule has 0 aliphatic heterocycles. The molecule has 0 nitrogen and oxygen atoms in total. The predicted octanol–water partition coefficient (Wildman–Crippen LogP) is 9.19. The fourth-order valence-electron chi connectivity index (χ4n) is 4.20. The van der Waals surface area contributed by atoms with Crippen molar-refractivity contribution in [2.45, 2.75) is 52.4 Å². The Balaban J connectivity index is 1.96. The summed E-state index contributed by atoms with van der Waals surface area (Å²) in [5.41, 5.74) is 8.80. The standard InChI is InChI=1S/C38H36/c1-37(2,3)34-25-21-32(22-26-34)36(33-23-27-35(28-24-33)38(4,5)6)31(19-17-29-13-9-7-10-14-29)20-18-30-15-11-8-12-16-30/h7-16,21-28H,1-6H3. The average molecular weight is 493 g/mol. The minimum atomic E-state index is 0.0832. The Labute approximate surface area is 229 Å². The second-order valence-electron chi connectivity index (χ2n) is 11.6. The predicted molar refractivity (Wildman–Crippen MR) is 163 cm³/mol. The molecule has 0 aromatic heterocycles. The molecule has 0 heteroatoms. The van der Waals surface area contributed by atoms with Crippen LogP contribution in [0.4, 0.5) is 0 Å². The monoisotopic (exact) mass is 492 g/mol. The van der Waals surface area contributed by atoms with E-state index in [4.69, 9.17) is 0 Å². The Morgan fingerprint density at radius 2 is 0.789 bits per heavy atom. The fraction of sp³-hybridized carbons (Fsp3) is 0.211. The highest BCUT2D eigenvalue weighted by Gasteiger charge is 2.17. The van der Waals surface area contributed by atoms with Gasteiger partial charge in [-0.3, -0.25) is 0 Å². The van der Waals surface area contributed by atoms with Crippen molar-refractivity contribution in [3.63, 3.8) is 0 Å². The zero-order valence-corrected chi connectivity index (χ0v) is 23.4. The first-order chi connectivity index (χ1) is 18.1. The van der Waals surface area contributed by atoms with Crippen molar-refractivity contribution in [1.82, 2.24) is 0 Å². The van der Waals surface area contributed by atoms with Gasteiger partial charge in [-0.1, -0.05) is 150 Å². The van der Waals surface area contributed by atoms with Gasteiger partial charge in [-0.2, -0.15) is 0 Å². The van der Waals surface area contributed by atoms with Crippen LogP contribution in [0, 0.1) is 23.7 Å². The number of hydrogen-bond acceptors (Lipinski definition) is 0. The fourth-order valence-corrected chi connectivity index (χ4v) is 4.20. The number of allylic oxidation sites excluding steroid dienone is 1. The maximum Gasteiger partial charge on any atom is 0.0835 e. The van der Waals surface area contributed by atoms with E-state index in [0.717, 1.165) is 33.4 Å². The van der Waals surface area contributed by atoms with Crippen LogP contribution < -0.4 is 0 Å². The first kappa shape index (κ1) is 26.8. The topological polar surface area (TPSA) is 0 Å². The average Bonchev–Trinajstić information content (AvgIpc) is 2.91. The summed E-state index contributed by atoms with van der Waals surface area (Å²) in [5.74, 6) is 13.6. The maximum atomic E-state index is 3.45. The summed E-state index contributed by atoms with van der Waals surface area (Å²) >= 11 is 0. The Morgan fingerprint density at radius 3 is 1.11 bits per heavy atom. The van der Waals surface area contributed by atoms with Gasteiger partial charge in [0.2, 0.25) is 0 Å². The van der Waals surface area contributed by atoms with Crippen LogP contribution in [0.15, 0.2) is 115 Å². The van der Waals surface area contributed by atoms with Gasteiger partial charge < -0.3 is 0 Å². The molecule has 188 valence electrons. The molecule has 4 aromatic rings. The second kappa shape index (κ2) is 11.4. The molecule has 0 spiro atoms. The van der Waals surface area contributed by atoms with Gasteiger partial charge >= 0.3 is 0 Å². The summed E-state index contributed by atoms with van der Waals surface area (Å²) < 4.78 is 0. The van der Waals surface area contributed by atoms with Crippen molar-refractivity contribution < 1.29 is 0 Å². The number of hydrogen-bond donors (Lipinski definition) is 0. The summed E-state index contributed by atoms with van der Waals surface area (Å²) in [7, 11) is 0. The van der Waals surface area contributed by atoms with Crippen LogP contribution in [-0.2, 0) is 10.8 Å². The van der Waals surface area contributed by atoms with Crippen molar-refractivity contribution in [1.29, 1.82) is 0 Å². The summed E-state index contributed by atoms with van der Waals surface area (Å²) in [6.07, 6.45) is 0. The highest BCUT2D eigenvalue weighted by atomic mass is 14.2. The van der Waals surface area contributed by atoms with Crippen molar-refractivity contribution in [3.05, 3.63) is 148 Å². The number of rotatable bonds is 2. The van der Waals surface area contributed by atoms with E-state index in [2.05, 4.69) is 114 Å². The molecule has 38 heavy (non-hydrogen) atoms. The first-order valence-electron chi connectivity index (χ1n) is 13.2. The summed E-state index contributed by atoms with van der Waals surface area (Å²) in [5, 5.41) is 0. The summed E-state index contributed by atoms with van der Waals surface area (Å²) in [4.78, 5) is 0. The van der Waals surface area contributed by atoms with E-state index in [1.165, 1.54) is 11.1 Å². The van der Waals surface area contributed by atoms with Crippen LogP contribution >= 0.6 is 0 Å². The van der Waals surface area contributed by atoms with E-state index in [1.54, 1.807) is 0 Å². The van der Waals surface area contributed by atoms with Gasteiger partial charge in [-0.05, 0) is 57.3 Å². The van der Waals surface area contributed by atoms with E-state index in [1.807, 2.05) is 60.7 Å². The normalized spacial score (nSPS) is 11.0. The smallest absolute Gasteiger partial charge is 0.0622 e. The molecule has 0 radical (unpaired) electrons. The molecule has 0 amide bonds. The van der Waals surface area contributed by atoms with Crippen LogP contribution in [0.25, 0.3) is 5.57 Å². The zero-order valence-electron chi connectivity index (χ0n) is 23.4. The van der Waals surface area contributed by atoms with Crippen LogP contribution in [0.2, 0.25) is 0 Å². The molecule has 0 unspecified atom stereocenters. The lowest BCUT2D eigenvalue weighted by Gasteiger charge is -2.21. The largest absolute Gasteiger partial charge is 0.0835 e. The van der Waals surface area contributed by atoms with Crippen LogP contribution in [0.5, 0.6) is 0 Å². The Kier molecular flexibility index (Phi) is 8.05. The maximum absolute atomic E-state index is 3.45. The Hall–Kier alpha value is -4.26. The molecular weight excluding hydrogens is 456 g/mol. The number of benzene rings is 4. The molecule has 0 aliphatic carbocycles. The Morgan fingerprint density at radius 1 is 0.447 bits per heavy atom. The molecule has 4 rings (SSSR count). The van der Waals surface area contributed by atoms with Crippen molar-refractivity contribution >= 4 is 5.57 Å². The molecule has 0 saturated carbocycles. The van der Waals surface area contributed by atoms with E-state index in [-0.39, 0.29) is 10.8 Å². The molecule has 0 atom stereocenters. The highest BCUT2D eigenvalue weighted by Crippen LogP contribution is 2.31. The summed E-state index contributed by atoms with van der Waals surface area (Å²) in [6, 6.07) is 38.0. The van der Waals surface area contributed by atoms with E-state index in [0.29, 0.717) is 0 Å². The zero-order chi connectivity index (χ0) is 27.2. The van der Waals surface area contributed by atoms with E-state index in [9.17, 15) is 0 Å². The minimum Gasteiger partial charge on any atom is -0.0622 e. The molecule has 4 aromatic carbocycles. The molecule has 0 saturated heterocycles. The van der Waals surface area contributed by atoms with Crippen LogP contribution in [-0.4, -0.2) is 0 Å². The third kappa shape index (κ3) is 6.94. The third-order valence-electron chi connectivity index (χ3n) is 6.54. The first-order valence-corrected chi connectivity index (χ1v) is 13.2. The van der Waals surface area contributed by atoms with Crippen LogP contribution in [0.3, 0.4) is 0 Å². The highest BCUT2D eigenvalue weighted by molar-refractivity contribution is 5.88. The molecular formula is C38H36. The lowest BCUT2D eigenvalue weighted by atomic mass is 9.83. The lowest BCUT2D eigenvalue weighted by molar-refractivity contribution is 0.590. The molecule has 0 fully saturated rings. The quantitative estimate of drug-likeness (QED) is 0.245. The molecule has 0 N–H and O–H groups in total. The van der Waals surface area contributed by atoms with Crippen molar-refractivity contribution in [2.24, 2.45) is 0 Å². The van der Waals surface area contributed by atoms with Gasteiger partial charge in [0.05, 0.1) is 5.57 Å². The SMILES string of the molecule is CC(C)(C)c1ccc(C(=C(C#Cc2ccccc2)C#Cc2ccccc2)c2ccc(C(C)(C)C)cc2)cc1. The van der Waals surface area contributed by atoms with Gasteiger partial charge in [-0.15, -0.1) is 0 Å². The lowest BCUT2D eigenvalue weighted by Crippen LogP contribution is -2.11. The van der Waals surface area contributed by atoms with E-state index >= 15 is 0 Å².